The average Bonchev–Trinajstić information content (AvgIpc) is 2.47. The van der Waals surface area contributed by atoms with Gasteiger partial charge in [-0.15, -0.1) is 0 Å². The zero-order valence-electron chi connectivity index (χ0n) is 11.7. The van der Waals surface area contributed by atoms with Crippen molar-refractivity contribution in [3.63, 3.8) is 0 Å². The molecule has 3 nitrogen and oxygen atoms in total. The molecule has 20 heavy (non-hydrogen) atoms. The summed E-state index contributed by atoms with van der Waals surface area (Å²) in [5.74, 6) is 0.154. The molecule has 2 aromatic rings. The minimum atomic E-state index is 0.00460. The fourth-order valence-corrected chi connectivity index (χ4v) is 2.61. The molecule has 1 atom stereocenters. The quantitative estimate of drug-likeness (QED) is 0.871. The summed E-state index contributed by atoms with van der Waals surface area (Å²) in [7, 11) is 0. The fourth-order valence-electron chi connectivity index (χ4n) is 2.61. The van der Waals surface area contributed by atoms with E-state index in [1.807, 2.05) is 18.2 Å². The van der Waals surface area contributed by atoms with Crippen molar-refractivity contribution in [1.29, 1.82) is 0 Å². The van der Waals surface area contributed by atoms with E-state index >= 15 is 0 Å². The molecule has 0 amide bonds. The lowest BCUT2D eigenvalue weighted by molar-refractivity contribution is 0.0240. The van der Waals surface area contributed by atoms with E-state index in [1.54, 1.807) is 0 Å². The van der Waals surface area contributed by atoms with Gasteiger partial charge in [-0.3, -0.25) is 4.79 Å². The van der Waals surface area contributed by atoms with Crippen molar-refractivity contribution < 1.29 is 9.53 Å². The Hall–Kier alpha value is -1.71. The van der Waals surface area contributed by atoms with Gasteiger partial charge in [-0.25, -0.2) is 0 Å². The Kier molecular flexibility index (Phi) is 3.81. The van der Waals surface area contributed by atoms with Crippen LogP contribution < -0.4 is 5.32 Å². The molecule has 0 aromatic heterocycles. The number of carbonyl (C=O) groups is 1. The molecule has 0 saturated carbocycles. The average molecular weight is 269 g/mol. The third kappa shape index (κ3) is 2.89. The maximum atomic E-state index is 12.3. The lowest BCUT2D eigenvalue weighted by atomic mass is 10.00. The molecule has 0 spiro atoms. The Balaban J connectivity index is 1.78. The van der Waals surface area contributed by atoms with Crippen molar-refractivity contribution in [1.82, 2.24) is 5.32 Å². The molecule has 3 rings (SSSR count). The summed E-state index contributed by atoms with van der Waals surface area (Å²) in [4.78, 5) is 12.3. The van der Waals surface area contributed by atoms with Gasteiger partial charge in [0.25, 0.3) is 0 Å². The third-order valence-corrected chi connectivity index (χ3v) is 3.74. The Bertz CT molecular complexity index is 630. The molecule has 1 aliphatic rings. The van der Waals surface area contributed by atoms with E-state index in [0.29, 0.717) is 13.0 Å². The maximum absolute atomic E-state index is 12.3. The van der Waals surface area contributed by atoms with Gasteiger partial charge in [0.1, 0.15) is 0 Å². The summed E-state index contributed by atoms with van der Waals surface area (Å²) in [5.41, 5.74) is 2.01. The van der Waals surface area contributed by atoms with Crippen molar-refractivity contribution in [2.75, 3.05) is 19.7 Å². The molecule has 3 heteroatoms. The van der Waals surface area contributed by atoms with Gasteiger partial charge in [-0.2, -0.15) is 0 Å². The lowest BCUT2D eigenvalue weighted by Crippen LogP contribution is -2.39. The minimum absolute atomic E-state index is 0.00460. The van der Waals surface area contributed by atoms with E-state index in [4.69, 9.17) is 4.74 Å². The first kappa shape index (κ1) is 13.3. The molecule has 0 aliphatic carbocycles. The van der Waals surface area contributed by atoms with E-state index in [2.05, 4.69) is 30.4 Å². The van der Waals surface area contributed by atoms with E-state index in [1.165, 1.54) is 10.9 Å². The number of Topliss-reactive ketones (excluding diaryl/α,β-unsaturated/α-hetero) is 1. The van der Waals surface area contributed by atoms with Gasteiger partial charge in [-0.1, -0.05) is 35.9 Å². The van der Waals surface area contributed by atoms with Crippen molar-refractivity contribution in [2.45, 2.75) is 19.4 Å². The summed E-state index contributed by atoms with van der Waals surface area (Å²) >= 11 is 0. The summed E-state index contributed by atoms with van der Waals surface area (Å²) in [6.45, 7) is 4.40. The van der Waals surface area contributed by atoms with Crippen LogP contribution in [0.1, 0.15) is 22.3 Å². The molecule has 1 fully saturated rings. The number of aryl methyl sites for hydroxylation is 1. The number of ether oxygens (including phenoxy) is 1. The Labute approximate surface area is 118 Å². The number of hydrogen-bond donors (Lipinski definition) is 1. The standard InChI is InChI=1S/C17H19NO2/c1-12-2-3-14-9-15(5-4-13(14)8-12)17(19)10-16-11-18-6-7-20-16/h2-5,8-9,16,18H,6-7,10-11H2,1H3. The molecule has 1 N–H and O–H groups in total. The van der Waals surface area contributed by atoms with Gasteiger partial charge in [-0.05, 0) is 23.8 Å². The highest BCUT2D eigenvalue weighted by atomic mass is 16.5. The SMILES string of the molecule is Cc1ccc2cc(C(=O)CC3CNCCO3)ccc2c1. The fraction of sp³-hybridized carbons (Fsp3) is 0.353. The van der Waals surface area contributed by atoms with Crippen molar-refractivity contribution in [3.8, 4) is 0 Å². The highest BCUT2D eigenvalue weighted by molar-refractivity contribution is 6.00. The van der Waals surface area contributed by atoms with E-state index in [0.717, 1.165) is 24.0 Å². The second-order valence-corrected chi connectivity index (χ2v) is 5.39. The van der Waals surface area contributed by atoms with Crippen molar-refractivity contribution in [2.24, 2.45) is 0 Å². The largest absolute Gasteiger partial charge is 0.375 e. The van der Waals surface area contributed by atoms with Gasteiger partial charge >= 0.3 is 0 Å². The predicted molar refractivity (Wildman–Crippen MR) is 80.2 cm³/mol. The van der Waals surface area contributed by atoms with Crippen LogP contribution in [0.2, 0.25) is 0 Å². The second kappa shape index (κ2) is 5.73. The zero-order chi connectivity index (χ0) is 13.9. The zero-order valence-corrected chi connectivity index (χ0v) is 11.7. The number of nitrogens with one attached hydrogen (secondary N) is 1. The van der Waals surface area contributed by atoms with Gasteiger partial charge in [0.05, 0.1) is 12.7 Å². The smallest absolute Gasteiger partial charge is 0.165 e. The molecular weight excluding hydrogens is 250 g/mol. The van der Waals surface area contributed by atoms with Gasteiger partial charge in [0.15, 0.2) is 5.78 Å². The highest BCUT2D eigenvalue weighted by Crippen LogP contribution is 2.19. The molecule has 1 saturated heterocycles. The molecule has 0 bridgehead atoms. The maximum Gasteiger partial charge on any atom is 0.165 e. The van der Waals surface area contributed by atoms with Crippen LogP contribution in [0.3, 0.4) is 0 Å². The van der Waals surface area contributed by atoms with Crippen LogP contribution in [0.15, 0.2) is 36.4 Å². The monoisotopic (exact) mass is 269 g/mol. The summed E-state index contributed by atoms with van der Waals surface area (Å²) in [6, 6.07) is 12.2. The first-order valence-corrected chi connectivity index (χ1v) is 7.08. The number of ketones is 1. The number of hydrogen-bond acceptors (Lipinski definition) is 3. The van der Waals surface area contributed by atoms with Crippen LogP contribution in [0.5, 0.6) is 0 Å². The van der Waals surface area contributed by atoms with E-state index in [-0.39, 0.29) is 11.9 Å². The van der Waals surface area contributed by atoms with Crippen LogP contribution in [0.4, 0.5) is 0 Å². The lowest BCUT2D eigenvalue weighted by Gasteiger charge is -2.22. The van der Waals surface area contributed by atoms with Crippen LogP contribution in [-0.4, -0.2) is 31.6 Å². The van der Waals surface area contributed by atoms with Crippen molar-refractivity contribution >= 4 is 16.6 Å². The molecule has 1 heterocycles. The second-order valence-electron chi connectivity index (χ2n) is 5.39. The summed E-state index contributed by atoms with van der Waals surface area (Å²) < 4.78 is 5.59. The Morgan fingerprint density at radius 2 is 2.05 bits per heavy atom. The molecular formula is C17H19NO2. The highest BCUT2D eigenvalue weighted by Gasteiger charge is 2.18. The normalized spacial score (nSPS) is 19.1. The molecule has 1 unspecified atom stereocenters. The Morgan fingerprint density at radius 1 is 1.25 bits per heavy atom. The number of fused-ring (bicyclic) bond motifs is 1. The van der Waals surface area contributed by atoms with Crippen LogP contribution in [0.25, 0.3) is 10.8 Å². The Morgan fingerprint density at radius 3 is 2.85 bits per heavy atom. The van der Waals surface area contributed by atoms with Crippen LogP contribution >= 0.6 is 0 Å². The molecule has 104 valence electrons. The van der Waals surface area contributed by atoms with E-state index in [9.17, 15) is 4.79 Å². The predicted octanol–water partition coefficient (Wildman–Crippen LogP) is 2.71. The summed E-state index contributed by atoms with van der Waals surface area (Å²) in [6.07, 6.45) is 0.453. The van der Waals surface area contributed by atoms with Crippen LogP contribution in [0, 0.1) is 6.92 Å². The topological polar surface area (TPSA) is 38.3 Å². The van der Waals surface area contributed by atoms with Crippen molar-refractivity contribution in [3.05, 3.63) is 47.5 Å². The molecule has 2 aromatic carbocycles. The molecule has 1 aliphatic heterocycles. The van der Waals surface area contributed by atoms with Crippen LogP contribution in [-0.2, 0) is 4.74 Å². The number of rotatable bonds is 3. The first-order chi connectivity index (χ1) is 9.72. The van der Waals surface area contributed by atoms with Gasteiger partial charge in [0, 0.05) is 25.1 Å². The van der Waals surface area contributed by atoms with Gasteiger partial charge < -0.3 is 10.1 Å². The number of carbonyl (C=O) groups excluding carboxylic acids is 1. The summed E-state index contributed by atoms with van der Waals surface area (Å²) in [5, 5.41) is 5.54. The number of benzene rings is 2. The molecule has 0 radical (unpaired) electrons. The number of morpholine rings is 1. The third-order valence-electron chi connectivity index (χ3n) is 3.74. The first-order valence-electron chi connectivity index (χ1n) is 7.08. The minimum Gasteiger partial charge on any atom is -0.375 e. The van der Waals surface area contributed by atoms with E-state index < -0.39 is 0 Å². The van der Waals surface area contributed by atoms with Gasteiger partial charge in [0.2, 0.25) is 0 Å².